The second-order valence-electron chi connectivity index (χ2n) is 4.56. The molecule has 1 unspecified atom stereocenters. The normalized spacial score (nSPS) is 11.9. The van der Waals surface area contributed by atoms with Crippen molar-refractivity contribution in [3.05, 3.63) is 65.5 Å². The Hall–Kier alpha value is -2.20. The van der Waals surface area contributed by atoms with E-state index in [0.717, 1.165) is 16.8 Å². The summed E-state index contributed by atoms with van der Waals surface area (Å²) in [5.41, 5.74) is 2.89. The van der Waals surface area contributed by atoms with Gasteiger partial charge < -0.3 is 4.74 Å². The number of aryl methyl sites for hydroxylation is 1. The molecule has 20 heavy (non-hydrogen) atoms. The number of carbonyl (C=O) groups is 1. The quantitative estimate of drug-likeness (QED) is 0.848. The molecule has 4 heteroatoms. The number of carbonyl (C=O) groups excluding carboxylic acids is 1. The summed E-state index contributed by atoms with van der Waals surface area (Å²) in [6, 6.07) is 13.0. The molecule has 0 amide bonds. The summed E-state index contributed by atoms with van der Waals surface area (Å²) in [7, 11) is 1.40. The molecule has 1 aromatic carbocycles. The maximum atomic E-state index is 11.9. The van der Waals surface area contributed by atoms with Crippen LogP contribution in [0.25, 0.3) is 0 Å². The molecular weight excluding hydrogens is 252 g/mol. The van der Waals surface area contributed by atoms with Crippen LogP contribution in [0.4, 0.5) is 0 Å². The van der Waals surface area contributed by atoms with E-state index in [0.29, 0.717) is 6.54 Å². The number of hydrogen-bond acceptors (Lipinski definition) is 4. The van der Waals surface area contributed by atoms with Gasteiger partial charge in [0, 0.05) is 18.4 Å². The van der Waals surface area contributed by atoms with Crippen LogP contribution in [0.3, 0.4) is 0 Å². The monoisotopic (exact) mass is 270 g/mol. The van der Waals surface area contributed by atoms with Gasteiger partial charge in [-0.15, -0.1) is 0 Å². The fraction of sp³-hybridized carbons (Fsp3) is 0.250. The van der Waals surface area contributed by atoms with Crippen LogP contribution >= 0.6 is 0 Å². The maximum Gasteiger partial charge on any atom is 0.327 e. The lowest BCUT2D eigenvalue weighted by Gasteiger charge is -2.16. The standard InChI is InChI=1S/C16H18N2O2/c1-12-8-9-13(10-17-12)11-18-15(16(19)20-2)14-6-4-3-5-7-14/h3-10,15,18H,11H2,1-2H3. The molecule has 0 radical (unpaired) electrons. The summed E-state index contributed by atoms with van der Waals surface area (Å²) in [6.07, 6.45) is 1.81. The molecular formula is C16H18N2O2. The fourth-order valence-electron chi connectivity index (χ4n) is 1.92. The van der Waals surface area contributed by atoms with Crippen molar-refractivity contribution in [3.8, 4) is 0 Å². The molecule has 0 aliphatic heterocycles. The molecule has 2 aromatic rings. The first-order chi connectivity index (χ1) is 9.70. The number of pyridine rings is 1. The van der Waals surface area contributed by atoms with Crippen molar-refractivity contribution in [3.63, 3.8) is 0 Å². The highest BCUT2D eigenvalue weighted by atomic mass is 16.5. The van der Waals surface area contributed by atoms with Crippen molar-refractivity contribution in [2.75, 3.05) is 7.11 Å². The Bertz CT molecular complexity index is 552. The number of nitrogens with one attached hydrogen (secondary N) is 1. The van der Waals surface area contributed by atoms with Crippen LogP contribution < -0.4 is 5.32 Å². The average Bonchev–Trinajstić information content (AvgIpc) is 2.50. The van der Waals surface area contributed by atoms with Crippen LogP contribution in [-0.4, -0.2) is 18.1 Å². The molecule has 0 aliphatic rings. The number of ether oxygens (including phenoxy) is 1. The van der Waals surface area contributed by atoms with E-state index in [1.165, 1.54) is 7.11 Å². The summed E-state index contributed by atoms with van der Waals surface area (Å²) in [6.45, 7) is 2.50. The highest BCUT2D eigenvalue weighted by Gasteiger charge is 2.20. The number of esters is 1. The first-order valence-electron chi connectivity index (χ1n) is 6.48. The molecule has 1 aromatic heterocycles. The van der Waals surface area contributed by atoms with E-state index in [4.69, 9.17) is 4.74 Å². The first kappa shape index (κ1) is 14.2. The summed E-state index contributed by atoms with van der Waals surface area (Å²) < 4.78 is 4.86. The Morgan fingerprint density at radius 2 is 2.00 bits per heavy atom. The molecule has 104 valence electrons. The number of rotatable bonds is 5. The lowest BCUT2D eigenvalue weighted by molar-refractivity contribution is -0.143. The third kappa shape index (κ3) is 3.65. The van der Waals surface area contributed by atoms with Crippen LogP contribution in [-0.2, 0) is 16.1 Å². The molecule has 4 nitrogen and oxygen atoms in total. The zero-order valence-corrected chi connectivity index (χ0v) is 11.7. The number of hydrogen-bond donors (Lipinski definition) is 1. The number of nitrogens with zero attached hydrogens (tertiary/aromatic N) is 1. The largest absolute Gasteiger partial charge is 0.468 e. The highest BCUT2D eigenvalue weighted by Crippen LogP contribution is 2.15. The van der Waals surface area contributed by atoms with Crippen molar-refractivity contribution in [1.82, 2.24) is 10.3 Å². The van der Waals surface area contributed by atoms with E-state index in [9.17, 15) is 4.79 Å². The van der Waals surface area contributed by atoms with Crippen LogP contribution in [0.5, 0.6) is 0 Å². The van der Waals surface area contributed by atoms with Crippen molar-refractivity contribution in [2.45, 2.75) is 19.5 Å². The molecule has 0 aliphatic carbocycles. The minimum atomic E-state index is -0.470. The van der Waals surface area contributed by atoms with E-state index in [1.807, 2.05) is 55.6 Å². The molecule has 1 atom stereocenters. The van der Waals surface area contributed by atoms with Gasteiger partial charge in [-0.05, 0) is 24.1 Å². The van der Waals surface area contributed by atoms with E-state index in [1.54, 1.807) is 0 Å². The van der Waals surface area contributed by atoms with Gasteiger partial charge in [0.15, 0.2) is 0 Å². The van der Waals surface area contributed by atoms with E-state index < -0.39 is 6.04 Å². The maximum absolute atomic E-state index is 11.9. The minimum Gasteiger partial charge on any atom is -0.468 e. The molecule has 0 saturated heterocycles. The Morgan fingerprint density at radius 1 is 1.25 bits per heavy atom. The van der Waals surface area contributed by atoms with E-state index >= 15 is 0 Å². The van der Waals surface area contributed by atoms with Crippen molar-refractivity contribution < 1.29 is 9.53 Å². The molecule has 2 rings (SSSR count). The zero-order chi connectivity index (χ0) is 14.4. The predicted octanol–water partition coefficient (Wildman–Crippen LogP) is 2.39. The Morgan fingerprint density at radius 3 is 2.60 bits per heavy atom. The van der Waals surface area contributed by atoms with Gasteiger partial charge in [0.05, 0.1) is 7.11 Å². The predicted molar refractivity (Wildman–Crippen MR) is 77.0 cm³/mol. The summed E-state index contributed by atoms with van der Waals surface area (Å²) in [5.74, 6) is -0.295. The topological polar surface area (TPSA) is 51.2 Å². The van der Waals surface area contributed by atoms with Crippen LogP contribution in [0.2, 0.25) is 0 Å². The van der Waals surface area contributed by atoms with Gasteiger partial charge in [-0.3, -0.25) is 10.3 Å². The lowest BCUT2D eigenvalue weighted by atomic mass is 10.1. The van der Waals surface area contributed by atoms with Gasteiger partial charge in [-0.1, -0.05) is 36.4 Å². The summed E-state index contributed by atoms with van der Waals surface area (Å²) >= 11 is 0. The van der Waals surface area contributed by atoms with Gasteiger partial charge in [0.2, 0.25) is 0 Å². The second-order valence-corrected chi connectivity index (χ2v) is 4.56. The lowest BCUT2D eigenvalue weighted by Crippen LogP contribution is -2.29. The van der Waals surface area contributed by atoms with Gasteiger partial charge in [-0.2, -0.15) is 0 Å². The highest BCUT2D eigenvalue weighted by molar-refractivity contribution is 5.77. The van der Waals surface area contributed by atoms with Gasteiger partial charge in [0.1, 0.15) is 6.04 Å². The number of methoxy groups -OCH3 is 1. The van der Waals surface area contributed by atoms with Crippen molar-refractivity contribution >= 4 is 5.97 Å². The Labute approximate surface area is 118 Å². The molecule has 1 heterocycles. The number of benzene rings is 1. The summed E-state index contributed by atoms with van der Waals surface area (Å²) in [5, 5.41) is 3.21. The Kier molecular flexibility index (Phi) is 4.85. The van der Waals surface area contributed by atoms with E-state index in [-0.39, 0.29) is 5.97 Å². The van der Waals surface area contributed by atoms with Crippen LogP contribution in [0.15, 0.2) is 48.7 Å². The van der Waals surface area contributed by atoms with Crippen LogP contribution in [0, 0.1) is 6.92 Å². The number of aromatic nitrogens is 1. The fourth-order valence-corrected chi connectivity index (χ4v) is 1.92. The van der Waals surface area contributed by atoms with E-state index in [2.05, 4.69) is 10.3 Å². The molecule has 1 N–H and O–H groups in total. The molecule has 0 fully saturated rings. The van der Waals surface area contributed by atoms with Crippen molar-refractivity contribution in [2.24, 2.45) is 0 Å². The molecule has 0 bridgehead atoms. The zero-order valence-electron chi connectivity index (χ0n) is 11.7. The van der Waals surface area contributed by atoms with Gasteiger partial charge in [-0.25, -0.2) is 4.79 Å². The smallest absolute Gasteiger partial charge is 0.327 e. The Balaban J connectivity index is 2.09. The van der Waals surface area contributed by atoms with Gasteiger partial charge >= 0.3 is 5.97 Å². The average molecular weight is 270 g/mol. The molecule has 0 saturated carbocycles. The summed E-state index contributed by atoms with van der Waals surface area (Å²) in [4.78, 5) is 16.1. The molecule has 0 spiro atoms. The van der Waals surface area contributed by atoms with Gasteiger partial charge in [0.25, 0.3) is 0 Å². The van der Waals surface area contributed by atoms with Crippen LogP contribution in [0.1, 0.15) is 22.9 Å². The first-order valence-corrected chi connectivity index (χ1v) is 6.48. The SMILES string of the molecule is COC(=O)C(NCc1ccc(C)nc1)c1ccccc1. The third-order valence-electron chi connectivity index (χ3n) is 3.05. The second kappa shape index (κ2) is 6.82. The van der Waals surface area contributed by atoms with Crippen molar-refractivity contribution in [1.29, 1.82) is 0 Å². The minimum absolute atomic E-state index is 0.295. The third-order valence-corrected chi connectivity index (χ3v) is 3.05.